The lowest BCUT2D eigenvalue weighted by Gasteiger charge is -2.60. The van der Waals surface area contributed by atoms with Crippen LogP contribution in [0.1, 0.15) is 51.9 Å². The van der Waals surface area contributed by atoms with Crippen molar-refractivity contribution in [2.24, 2.45) is 34.8 Å². The number of hydrogen-bond acceptors (Lipinski definition) is 2. The van der Waals surface area contributed by atoms with Gasteiger partial charge in [0.25, 0.3) is 0 Å². The Labute approximate surface area is 126 Å². The van der Waals surface area contributed by atoms with Crippen molar-refractivity contribution < 1.29 is 9.59 Å². The number of carbonyl (C=O) groups excluding carboxylic acids is 2. The van der Waals surface area contributed by atoms with E-state index in [1.807, 2.05) is 4.90 Å². The van der Waals surface area contributed by atoms with Crippen LogP contribution in [0.5, 0.6) is 0 Å². The molecule has 0 aromatic heterocycles. The van der Waals surface area contributed by atoms with Gasteiger partial charge in [-0.2, -0.15) is 0 Å². The molecule has 2 N–H and O–H groups in total. The Kier molecular flexibility index (Phi) is 2.89. The van der Waals surface area contributed by atoms with E-state index >= 15 is 0 Å². The second-order valence-electron chi connectivity index (χ2n) is 8.31. The van der Waals surface area contributed by atoms with Gasteiger partial charge in [-0.15, -0.1) is 0 Å². The lowest BCUT2D eigenvalue weighted by atomic mass is 9.47. The highest BCUT2D eigenvalue weighted by Gasteiger charge is 2.55. The van der Waals surface area contributed by atoms with Crippen LogP contribution in [0.2, 0.25) is 0 Å². The molecule has 0 unspecified atom stereocenters. The van der Waals surface area contributed by atoms with Gasteiger partial charge in [-0.3, -0.25) is 9.59 Å². The maximum absolute atomic E-state index is 12.3. The van der Waals surface area contributed by atoms with Gasteiger partial charge in [0.05, 0.1) is 5.92 Å². The number of nitrogens with zero attached hydrogens (tertiary/aromatic N) is 1. The lowest BCUT2D eigenvalue weighted by molar-refractivity contribution is -0.140. The van der Waals surface area contributed by atoms with Crippen LogP contribution in [-0.4, -0.2) is 29.3 Å². The van der Waals surface area contributed by atoms with Crippen molar-refractivity contribution in [3.63, 3.8) is 0 Å². The minimum absolute atomic E-state index is 0.141. The summed E-state index contributed by atoms with van der Waals surface area (Å²) in [6, 6.07) is 0.280. The zero-order valence-corrected chi connectivity index (χ0v) is 12.9. The standard InChI is InChI=1S/C17H26N2O2/c1-10(19-9-14(16(18)21)5-15(19)20)17-6-11-2-12(7-17)4-13(3-11)8-17/h10-14H,2-9H2,1H3,(H2,18,21)/t10-,11?,12?,13?,14+,17?/m1/s1. The summed E-state index contributed by atoms with van der Waals surface area (Å²) in [5, 5.41) is 0. The van der Waals surface area contributed by atoms with Crippen molar-refractivity contribution in [3.05, 3.63) is 0 Å². The van der Waals surface area contributed by atoms with Crippen LogP contribution in [0.15, 0.2) is 0 Å². The predicted molar refractivity (Wildman–Crippen MR) is 79.1 cm³/mol. The van der Waals surface area contributed by atoms with Crippen LogP contribution < -0.4 is 5.73 Å². The third kappa shape index (κ3) is 2.01. The van der Waals surface area contributed by atoms with Gasteiger partial charge in [0.15, 0.2) is 0 Å². The molecule has 21 heavy (non-hydrogen) atoms. The van der Waals surface area contributed by atoms with Crippen molar-refractivity contribution in [1.29, 1.82) is 0 Å². The molecular formula is C17H26N2O2. The van der Waals surface area contributed by atoms with E-state index in [0.717, 1.165) is 17.8 Å². The van der Waals surface area contributed by atoms with Gasteiger partial charge in [-0.05, 0) is 68.6 Å². The molecule has 4 nitrogen and oxygen atoms in total. The van der Waals surface area contributed by atoms with Crippen LogP contribution in [-0.2, 0) is 9.59 Å². The number of carbonyl (C=O) groups is 2. The number of nitrogens with two attached hydrogens (primary N) is 1. The summed E-state index contributed by atoms with van der Waals surface area (Å²) in [6.07, 6.45) is 8.48. The quantitative estimate of drug-likeness (QED) is 0.863. The molecule has 5 aliphatic rings. The predicted octanol–water partition coefficient (Wildman–Crippen LogP) is 1.93. The van der Waals surface area contributed by atoms with E-state index in [1.54, 1.807) is 0 Å². The van der Waals surface area contributed by atoms with E-state index in [0.29, 0.717) is 18.4 Å². The molecule has 0 aromatic carbocycles. The van der Waals surface area contributed by atoms with Crippen molar-refractivity contribution in [3.8, 4) is 0 Å². The van der Waals surface area contributed by atoms with E-state index in [-0.39, 0.29) is 23.8 Å². The molecule has 4 bridgehead atoms. The summed E-state index contributed by atoms with van der Waals surface area (Å²) >= 11 is 0. The summed E-state index contributed by atoms with van der Waals surface area (Å²) < 4.78 is 0. The minimum atomic E-state index is -0.316. The Morgan fingerprint density at radius 1 is 1.19 bits per heavy atom. The van der Waals surface area contributed by atoms with Gasteiger partial charge >= 0.3 is 0 Å². The minimum Gasteiger partial charge on any atom is -0.369 e. The molecule has 1 saturated heterocycles. The van der Waals surface area contributed by atoms with Gasteiger partial charge in [0.1, 0.15) is 0 Å². The van der Waals surface area contributed by atoms with Crippen LogP contribution in [0.25, 0.3) is 0 Å². The molecule has 4 aliphatic carbocycles. The van der Waals surface area contributed by atoms with Crippen LogP contribution >= 0.6 is 0 Å². The second kappa shape index (κ2) is 4.47. The molecule has 2 amide bonds. The maximum Gasteiger partial charge on any atom is 0.223 e. The molecular weight excluding hydrogens is 264 g/mol. The molecule has 116 valence electrons. The average molecular weight is 290 g/mol. The first-order valence-corrected chi connectivity index (χ1v) is 8.55. The monoisotopic (exact) mass is 290 g/mol. The summed E-state index contributed by atoms with van der Waals surface area (Å²) in [5.41, 5.74) is 5.74. The Morgan fingerprint density at radius 2 is 1.71 bits per heavy atom. The number of primary amides is 1. The molecule has 0 radical (unpaired) electrons. The SMILES string of the molecule is C[C@@H](N1C[C@@H](C(N)=O)CC1=O)C12CC3CC(CC(C3)C1)C2. The Bertz CT molecular complexity index is 452. The zero-order valence-electron chi connectivity index (χ0n) is 12.9. The van der Waals surface area contributed by atoms with E-state index in [9.17, 15) is 9.59 Å². The fourth-order valence-electron chi connectivity index (χ4n) is 6.32. The van der Waals surface area contributed by atoms with Crippen molar-refractivity contribution in [2.45, 2.75) is 57.9 Å². The van der Waals surface area contributed by atoms with Crippen LogP contribution in [0, 0.1) is 29.1 Å². The topological polar surface area (TPSA) is 63.4 Å². The third-order valence-electron chi connectivity index (χ3n) is 7.00. The number of amides is 2. The first-order valence-electron chi connectivity index (χ1n) is 8.55. The van der Waals surface area contributed by atoms with Crippen molar-refractivity contribution in [2.75, 3.05) is 6.54 Å². The molecule has 4 saturated carbocycles. The van der Waals surface area contributed by atoms with Crippen molar-refractivity contribution in [1.82, 2.24) is 4.90 Å². The van der Waals surface area contributed by atoms with E-state index in [1.165, 1.54) is 38.5 Å². The van der Waals surface area contributed by atoms with E-state index < -0.39 is 0 Å². The van der Waals surface area contributed by atoms with Gasteiger partial charge in [-0.25, -0.2) is 0 Å². The molecule has 0 spiro atoms. The first-order chi connectivity index (χ1) is 9.97. The van der Waals surface area contributed by atoms with E-state index in [4.69, 9.17) is 5.73 Å². The fourth-order valence-corrected chi connectivity index (χ4v) is 6.32. The van der Waals surface area contributed by atoms with E-state index in [2.05, 4.69) is 6.92 Å². The highest BCUT2D eigenvalue weighted by Crippen LogP contribution is 2.62. The van der Waals surface area contributed by atoms with Gasteiger partial charge < -0.3 is 10.6 Å². The molecule has 5 rings (SSSR count). The summed E-state index contributed by atoms with van der Waals surface area (Å²) in [7, 11) is 0. The first kappa shape index (κ1) is 13.6. The smallest absolute Gasteiger partial charge is 0.223 e. The van der Waals surface area contributed by atoms with Gasteiger partial charge in [-0.1, -0.05) is 0 Å². The largest absolute Gasteiger partial charge is 0.369 e. The maximum atomic E-state index is 12.3. The zero-order chi connectivity index (χ0) is 14.8. The second-order valence-corrected chi connectivity index (χ2v) is 8.31. The number of likely N-dealkylation sites (tertiary alicyclic amines) is 1. The Hall–Kier alpha value is -1.06. The highest BCUT2D eigenvalue weighted by molar-refractivity contribution is 5.88. The number of hydrogen-bond donors (Lipinski definition) is 1. The summed E-state index contributed by atoms with van der Waals surface area (Å²) in [5.74, 6) is 2.23. The third-order valence-corrected chi connectivity index (χ3v) is 7.00. The lowest BCUT2D eigenvalue weighted by Crippen LogP contribution is -2.56. The molecule has 1 aliphatic heterocycles. The molecule has 2 atom stereocenters. The van der Waals surface area contributed by atoms with Crippen LogP contribution in [0.3, 0.4) is 0 Å². The summed E-state index contributed by atoms with van der Waals surface area (Å²) in [4.78, 5) is 25.7. The average Bonchev–Trinajstić information content (AvgIpc) is 2.78. The molecule has 4 heteroatoms. The normalized spacial score (nSPS) is 46.1. The van der Waals surface area contributed by atoms with Crippen molar-refractivity contribution >= 4 is 11.8 Å². The molecule has 1 heterocycles. The highest BCUT2D eigenvalue weighted by atomic mass is 16.2. The van der Waals surface area contributed by atoms with Gasteiger partial charge in [0.2, 0.25) is 11.8 Å². The summed E-state index contributed by atoms with van der Waals surface area (Å²) in [6.45, 7) is 2.78. The van der Waals surface area contributed by atoms with Crippen LogP contribution in [0.4, 0.5) is 0 Å². The fraction of sp³-hybridized carbons (Fsp3) is 0.882. The molecule has 5 fully saturated rings. The number of rotatable bonds is 3. The van der Waals surface area contributed by atoms with Gasteiger partial charge in [0, 0.05) is 19.0 Å². The molecule has 0 aromatic rings. The Balaban J connectivity index is 1.56. The Morgan fingerprint density at radius 3 is 2.14 bits per heavy atom.